The minimum absolute atomic E-state index is 0.0225. The fourth-order valence-electron chi connectivity index (χ4n) is 2.49. The van der Waals surface area contributed by atoms with E-state index >= 15 is 0 Å². The molecule has 1 N–H and O–H groups in total. The second-order valence-electron chi connectivity index (χ2n) is 5.65. The lowest BCUT2D eigenvalue weighted by molar-refractivity contribution is -0.0585. The van der Waals surface area contributed by atoms with E-state index in [0.717, 1.165) is 11.1 Å². The van der Waals surface area contributed by atoms with Gasteiger partial charge in [0.15, 0.2) is 0 Å². The van der Waals surface area contributed by atoms with E-state index in [1.54, 1.807) is 0 Å². The van der Waals surface area contributed by atoms with Crippen molar-refractivity contribution in [2.45, 2.75) is 32.5 Å². The molecular weight excluding hydrogens is 324 g/mol. The molecule has 0 bridgehead atoms. The average Bonchev–Trinajstić information content (AvgIpc) is 2.84. The van der Waals surface area contributed by atoms with Gasteiger partial charge in [-0.2, -0.15) is 0 Å². The number of morpholine rings is 1. The lowest BCUT2D eigenvalue weighted by Crippen LogP contribution is -2.48. The molecule has 124 valence electrons. The maximum atomic E-state index is 12.5. The second-order valence-corrected chi connectivity index (χ2v) is 8.65. The van der Waals surface area contributed by atoms with Gasteiger partial charge in [0.1, 0.15) is 0 Å². The fourth-order valence-corrected chi connectivity index (χ4v) is 3.93. The molecule has 2 unspecified atom stereocenters. The predicted octanol–water partition coefficient (Wildman–Crippen LogP) is 1.09. The zero-order chi connectivity index (χ0) is 16.3. The average molecular weight is 346 g/mol. The number of carbonyl (C=O) groups is 1. The Morgan fingerprint density at radius 1 is 1.36 bits per heavy atom. The summed E-state index contributed by atoms with van der Waals surface area (Å²) in [6.07, 6.45) is 1.81. The summed E-state index contributed by atoms with van der Waals surface area (Å²) < 4.78 is 30.1. The number of nitrogens with one attached hydrogen (secondary N) is 1. The third-order valence-corrected chi connectivity index (χ3v) is 5.18. The highest BCUT2D eigenvalue weighted by molar-refractivity contribution is 7.88. The highest BCUT2D eigenvalue weighted by atomic mass is 32.2. The van der Waals surface area contributed by atoms with Crippen LogP contribution in [0.4, 0.5) is 0 Å². The number of thiophene rings is 1. The largest absolute Gasteiger partial charge is 0.372 e. The van der Waals surface area contributed by atoms with Gasteiger partial charge in [-0.15, -0.1) is 11.3 Å². The van der Waals surface area contributed by atoms with Crippen LogP contribution >= 0.6 is 11.3 Å². The molecule has 2 heterocycles. The Hall–Kier alpha value is -0.960. The zero-order valence-corrected chi connectivity index (χ0v) is 14.7. The minimum Gasteiger partial charge on any atom is -0.372 e. The molecule has 0 spiro atoms. The van der Waals surface area contributed by atoms with Gasteiger partial charge in [-0.25, -0.2) is 13.1 Å². The smallest absolute Gasteiger partial charge is 0.264 e. The monoisotopic (exact) mass is 346 g/mol. The highest BCUT2D eigenvalue weighted by Crippen LogP contribution is 2.21. The van der Waals surface area contributed by atoms with Crippen molar-refractivity contribution >= 4 is 27.3 Å². The van der Waals surface area contributed by atoms with Crippen LogP contribution in [0.15, 0.2) is 12.1 Å². The minimum atomic E-state index is -3.17. The van der Waals surface area contributed by atoms with Gasteiger partial charge in [0.05, 0.1) is 23.3 Å². The van der Waals surface area contributed by atoms with Crippen LogP contribution in [-0.4, -0.2) is 57.3 Å². The molecule has 22 heavy (non-hydrogen) atoms. The Morgan fingerprint density at radius 3 is 2.59 bits per heavy atom. The molecule has 1 amide bonds. The van der Waals surface area contributed by atoms with Crippen molar-refractivity contribution in [2.24, 2.45) is 0 Å². The number of rotatable bonds is 5. The molecule has 1 aliphatic rings. The molecule has 1 aliphatic heterocycles. The summed E-state index contributed by atoms with van der Waals surface area (Å²) in [5.41, 5.74) is 0. The van der Waals surface area contributed by atoms with E-state index in [0.29, 0.717) is 30.9 Å². The molecular formula is C14H22N2O4S2. The van der Waals surface area contributed by atoms with Gasteiger partial charge in [0, 0.05) is 24.5 Å². The first-order chi connectivity index (χ1) is 10.2. The van der Waals surface area contributed by atoms with E-state index in [1.165, 1.54) is 11.3 Å². The van der Waals surface area contributed by atoms with Crippen LogP contribution < -0.4 is 4.72 Å². The molecule has 1 fully saturated rings. The van der Waals surface area contributed by atoms with Crippen molar-refractivity contribution in [3.63, 3.8) is 0 Å². The second kappa shape index (κ2) is 7.08. The van der Waals surface area contributed by atoms with Crippen LogP contribution in [-0.2, 0) is 21.2 Å². The summed E-state index contributed by atoms with van der Waals surface area (Å²) in [6, 6.07) is 3.70. The van der Waals surface area contributed by atoms with Gasteiger partial charge in [-0.05, 0) is 32.4 Å². The van der Waals surface area contributed by atoms with E-state index in [4.69, 9.17) is 4.74 Å². The molecule has 8 heteroatoms. The number of hydrogen-bond donors (Lipinski definition) is 1. The van der Waals surface area contributed by atoms with Crippen LogP contribution in [0.25, 0.3) is 0 Å². The van der Waals surface area contributed by atoms with E-state index in [2.05, 4.69) is 4.72 Å². The lowest BCUT2D eigenvalue weighted by Gasteiger charge is -2.35. The third kappa shape index (κ3) is 5.05. The van der Waals surface area contributed by atoms with Crippen molar-refractivity contribution < 1.29 is 17.9 Å². The predicted molar refractivity (Wildman–Crippen MR) is 86.8 cm³/mol. The van der Waals surface area contributed by atoms with Crippen LogP contribution in [0.3, 0.4) is 0 Å². The molecule has 0 aliphatic carbocycles. The van der Waals surface area contributed by atoms with Crippen molar-refractivity contribution in [2.75, 3.05) is 25.9 Å². The quantitative estimate of drug-likeness (QED) is 0.866. The summed E-state index contributed by atoms with van der Waals surface area (Å²) in [5, 5.41) is 0. The number of amides is 1. The van der Waals surface area contributed by atoms with Crippen LogP contribution in [0, 0.1) is 0 Å². The summed E-state index contributed by atoms with van der Waals surface area (Å²) in [4.78, 5) is 16.0. The van der Waals surface area contributed by atoms with E-state index in [-0.39, 0.29) is 18.1 Å². The van der Waals surface area contributed by atoms with Gasteiger partial charge in [-0.1, -0.05) is 0 Å². The van der Waals surface area contributed by atoms with Gasteiger partial charge in [0.25, 0.3) is 5.91 Å². The first kappa shape index (κ1) is 17.4. The fraction of sp³-hybridized carbons (Fsp3) is 0.643. The first-order valence-corrected chi connectivity index (χ1v) is 9.93. The maximum absolute atomic E-state index is 12.5. The summed E-state index contributed by atoms with van der Waals surface area (Å²) >= 11 is 1.42. The molecule has 0 radical (unpaired) electrons. The Balaban J connectivity index is 1.94. The molecule has 0 saturated carbocycles. The van der Waals surface area contributed by atoms with Gasteiger partial charge >= 0.3 is 0 Å². The molecule has 2 rings (SSSR count). The third-order valence-electron chi connectivity index (χ3n) is 3.31. The highest BCUT2D eigenvalue weighted by Gasteiger charge is 2.27. The van der Waals surface area contributed by atoms with Crippen molar-refractivity contribution in [1.29, 1.82) is 0 Å². The Bertz CT molecular complexity index is 617. The lowest BCUT2D eigenvalue weighted by atomic mass is 10.2. The number of nitrogens with zero attached hydrogens (tertiary/aromatic N) is 1. The zero-order valence-electron chi connectivity index (χ0n) is 13.0. The number of carbonyl (C=O) groups excluding carboxylic acids is 1. The topological polar surface area (TPSA) is 75.7 Å². The van der Waals surface area contributed by atoms with Gasteiger partial charge in [-0.3, -0.25) is 4.79 Å². The summed E-state index contributed by atoms with van der Waals surface area (Å²) in [7, 11) is -3.17. The molecule has 0 aromatic carbocycles. The molecule has 1 aromatic heterocycles. The van der Waals surface area contributed by atoms with Crippen LogP contribution in [0.5, 0.6) is 0 Å². The standard InChI is InChI=1S/C14H22N2O4S2/c1-10-8-16(9-11(2)20-10)14(17)13-5-4-12(21-13)6-7-15-22(3,18)19/h4-5,10-11,15H,6-9H2,1-3H3. The van der Waals surface area contributed by atoms with E-state index in [9.17, 15) is 13.2 Å². The molecule has 1 saturated heterocycles. The Morgan fingerprint density at radius 2 is 2.00 bits per heavy atom. The van der Waals surface area contributed by atoms with Gasteiger partial charge in [0.2, 0.25) is 10.0 Å². The van der Waals surface area contributed by atoms with Crippen LogP contribution in [0.1, 0.15) is 28.4 Å². The molecule has 6 nitrogen and oxygen atoms in total. The maximum Gasteiger partial charge on any atom is 0.264 e. The summed E-state index contributed by atoms with van der Waals surface area (Å²) in [6.45, 7) is 5.48. The number of hydrogen-bond acceptors (Lipinski definition) is 5. The first-order valence-electron chi connectivity index (χ1n) is 7.22. The van der Waals surface area contributed by atoms with E-state index < -0.39 is 10.0 Å². The summed E-state index contributed by atoms with van der Waals surface area (Å²) in [5.74, 6) is 0.0225. The number of ether oxygens (including phenoxy) is 1. The van der Waals surface area contributed by atoms with E-state index in [1.807, 2.05) is 30.9 Å². The normalized spacial score (nSPS) is 22.8. The van der Waals surface area contributed by atoms with Crippen molar-refractivity contribution in [3.8, 4) is 0 Å². The SMILES string of the molecule is CC1CN(C(=O)c2ccc(CCNS(C)(=O)=O)s2)CC(C)O1. The van der Waals surface area contributed by atoms with Crippen LogP contribution in [0.2, 0.25) is 0 Å². The Labute approximate surface area is 135 Å². The van der Waals surface area contributed by atoms with Gasteiger partial charge < -0.3 is 9.64 Å². The Kier molecular flexibility index (Phi) is 5.60. The molecule has 2 atom stereocenters. The van der Waals surface area contributed by atoms with Crippen molar-refractivity contribution in [1.82, 2.24) is 9.62 Å². The number of sulfonamides is 1. The van der Waals surface area contributed by atoms with Crippen molar-refractivity contribution in [3.05, 3.63) is 21.9 Å². The molecule has 1 aromatic rings.